The van der Waals surface area contributed by atoms with Crippen molar-refractivity contribution in [2.75, 3.05) is 26.7 Å². The molecule has 0 unspecified atom stereocenters. The van der Waals surface area contributed by atoms with E-state index in [4.69, 9.17) is 0 Å². The summed E-state index contributed by atoms with van der Waals surface area (Å²) in [5.74, 6) is 0.919. The fourth-order valence-corrected chi connectivity index (χ4v) is 3.62. The van der Waals surface area contributed by atoms with Crippen LogP contribution in [0.4, 0.5) is 0 Å². The summed E-state index contributed by atoms with van der Waals surface area (Å²) < 4.78 is 1.70. The van der Waals surface area contributed by atoms with Crippen molar-refractivity contribution in [2.24, 2.45) is 5.92 Å². The van der Waals surface area contributed by atoms with Crippen LogP contribution in [0.5, 0.6) is 0 Å². The van der Waals surface area contributed by atoms with Gasteiger partial charge in [0.2, 0.25) is 5.91 Å². The summed E-state index contributed by atoms with van der Waals surface area (Å²) in [5.41, 5.74) is 0.948. The number of nitrogens with one attached hydrogen (secondary N) is 1. The third-order valence-corrected chi connectivity index (χ3v) is 5.18. The fourth-order valence-electron chi connectivity index (χ4n) is 2.86. The van der Waals surface area contributed by atoms with Crippen LogP contribution in [0, 0.1) is 12.8 Å². The molecule has 1 aliphatic heterocycles. The number of amides is 1. The van der Waals surface area contributed by atoms with E-state index in [1.165, 1.54) is 17.8 Å². The molecule has 0 aliphatic carbocycles. The summed E-state index contributed by atoms with van der Waals surface area (Å²) in [6.45, 7) is 5.21. The van der Waals surface area contributed by atoms with E-state index in [9.17, 15) is 9.59 Å². The van der Waals surface area contributed by atoms with E-state index in [0.717, 1.165) is 44.1 Å². The highest BCUT2D eigenvalue weighted by atomic mass is 32.1. The van der Waals surface area contributed by atoms with Crippen LogP contribution in [0.3, 0.4) is 0 Å². The van der Waals surface area contributed by atoms with Gasteiger partial charge < -0.3 is 14.8 Å². The first-order valence-corrected chi connectivity index (χ1v) is 8.57. The predicted octanol–water partition coefficient (Wildman–Crippen LogP) is 1.46. The lowest BCUT2D eigenvalue weighted by molar-refractivity contribution is -0.132. The van der Waals surface area contributed by atoms with Crippen molar-refractivity contribution in [3.63, 3.8) is 0 Å². The van der Waals surface area contributed by atoms with Crippen LogP contribution in [0.15, 0.2) is 10.2 Å². The highest BCUT2D eigenvalue weighted by Crippen LogP contribution is 2.20. The Kier molecular flexibility index (Phi) is 5.99. The number of thiazole rings is 1. The monoisotopic (exact) mass is 311 g/mol. The molecule has 0 aromatic carbocycles. The topological polar surface area (TPSA) is 54.3 Å². The van der Waals surface area contributed by atoms with Crippen molar-refractivity contribution in [3.8, 4) is 0 Å². The molecule has 6 heteroatoms. The van der Waals surface area contributed by atoms with Crippen molar-refractivity contribution < 1.29 is 4.79 Å². The number of likely N-dealkylation sites (tertiary alicyclic amines) is 1. The highest BCUT2D eigenvalue weighted by Gasteiger charge is 2.22. The van der Waals surface area contributed by atoms with Crippen LogP contribution in [-0.4, -0.2) is 42.1 Å². The first kappa shape index (κ1) is 16.2. The number of carbonyl (C=O) groups is 1. The number of aryl methyl sites for hydroxylation is 1. The van der Waals surface area contributed by atoms with Gasteiger partial charge in [-0.05, 0) is 45.7 Å². The Bertz CT molecular complexity index is 515. The number of carbonyl (C=O) groups excluding carboxylic acids is 1. The number of hydrogen-bond acceptors (Lipinski definition) is 4. The van der Waals surface area contributed by atoms with Gasteiger partial charge in [-0.3, -0.25) is 9.59 Å². The van der Waals surface area contributed by atoms with Gasteiger partial charge in [-0.2, -0.15) is 0 Å². The predicted molar refractivity (Wildman–Crippen MR) is 85.8 cm³/mol. The normalized spacial score (nSPS) is 16.4. The van der Waals surface area contributed by atoms with Gasteiger partial charge in [-0.1, -0.05) is 11.3 Å². The molecule has 1 aliphatic rings. The van der Waals surface area contributed by atoms with E-state index in [1.807, 2.05) is 24.3 Å². The zero-order valence-corrected chi connectivity index (χ0v) is 13.7. The van der Waals surface area contributed by atoms with Gasteiger partial charge in [0.25, 0.3) is 0 Å². The van der Waals surface area contributed by atoms with E-state index in [-0.39, 0.29) is 10.8 Å². The average Bonchev–Trinajstić information content (AvgIpc) is 2.82. The minimum Gasteiger partial charge on any atom is -0.343 e. The molecule has 1 saturated heterocycles. The molecule has 0 spiro atoms. The van der Waals surface area contributed by atoms with Crippen molar-refractivity contribution in [1.82, 2.24) is 14.8 Å². The summed E-state index contributed by atoms with van der Waals surface area (Å²) in [6.07, 6.45) is 3.83. The van der Waals surface area contributed by atoms with Gasteiger partial charge in [-0.25, -0.2) is 0 Å². The van der Waals surface area contributed by atoms with Crippen molar-refractivity contribution in [1.29, 1.82) is 0 Å². The van der Waals surface area contributed by atoms with E-state index in [0.29, 0.717) is 13.0 Å². The van der Waals surface area contributed by atoms with Gasteiger partial charge in [0.05, 0.1) is 0 Å². The maximum Gasteiger partial charge on any atom is 0.307 e. The first-order chi connectivity index (χ1) is 10.1. The molecule has 21 heavy (non-hydrogen) atoms. The number of nitrogens with zero attached hydrogens (tertiary/aromatic N) is 2. The molecule has 2 heterocycles. The fraction of sp³-hybridized carbons (Fsp3) is 0.733. The van der Waals surface area contributed by atoms with Crippen molar-refractivity contribution in [3.05, 3.63) is 20.7 Å². The van der Waals surface area contributed by atoms with Crippen LogP contribution in [0.2, 0.25) is 0 Å². The van der Waals surface area contributed by atoms with Gasteiger partial charge in [0.15, 0.2) is 0 Å². The molecule has 118 valence electrons. The summed E-state index contributed by atoms with van der Waals surface area (Å²) >= 11 is 1.20. The van der Waals surface area contributed by atoms with Crippen molar-refractivity contribution >= 4 is 17.2 Å². The molecule has 5 nitrogen and oxygen atoms in total. The van der Waals surface area contributed by atoms with Gasteiger partial charge in [0, 0.05) is 37.1 Å². The summed E-state index contributed by atoms with van der Waals surface area (Å²) in [6, 6.07) is 0. The highest BCUT2D eigenvalue weighted by molar-refractivity contribution is 7.07. The molecule has 1 fully saturated rings. The molecule has 2 rings (SSSR count). The molecule has 0 radical (unpaired) electrons. The van der Waals surface area contributed by atoms with E-state index in [2.05, 4.69) is 5.32 Å². The van der Waals surface area contributed by atoms with Crippen LogP contribution in [-0.2, 0) is 11.3 Å². The third-order valence-electron chi connectivity index (χ3n) is 4.30. The average molecular weight is 311 g/mol. The Balaban J connectivity index is 1.76. The second-order valence-corrected chi connectivity index (χ2v) is 6.58. The number of piperidine rings is 1. The van der Waals surface area contributed by atoms with E-state index in [1.54, 1.807) is 4.57 Å². The molecule has 0 bridgehead atoms. The van der Waals surface area contributed by atoms with Gasteiger partial charge >= 0.3 is 4.87 Å². The Hall–Kier alpha value is -1.14. The molecule has 0 atom stereocenters. The largest absolute Gasteiger partial charge is 0.343 e. The maximum atomic E-state index is 12.2. The van der Waals surface area contributed by atoms with Crippen molar-refractivity contribution in [2.45, 2.75) is 39.2 Å². The second kappa shape index (κ2) is 7.75. The van der Waals surface area contributed by atoms with Crippen LogP contribution in [0.1, 0.15) is 31.4 Å². The molecule has 1 amide bonds. The lowest BCUT2D eigenvalue weighted by Gasteiger charge is -2.32. The minimum absolute atomic E-state index is 0.0334. The Morgan fingerprint density at radius 1 is 1.43 bits per heavy atom. The third kappa shape index (κ3) is 4.41. The Morgan fingerprint density at radius 2 is 2.14 bits per heavy atom. The minimum atomic E-state index is 0.0334. The quantitative estimate of drug-likeness (QED) is 0.865. The first-order valence-electron chi connectivity index (χ1n) is 7.69. The Labute approximate surface area is 130 Å². The smallest absolute Gasteiger partial charge is 0.307 e. The van der Waals surface area contributed by atoms with Crippen LogP contribution >= 0.6 is 11.3 Å². The number of rotatable bonds is 6. The SMILES string of the molecule is CNCCC1CCN(C(=O)CCn2c(C)csc2=O)CC1. The molecular formula is C15H25N3O2S. The molecule has 1 aromatic heterocycles. The summed E-state index contributed by atoms with van der Waals surface area (Å²) in [4.78, 5) is 25.9. The molecular weight excluding hydrogens is 286 g/mol. The zero-order chi connectivity index (χ0) is 15.2. The van der Waals surface area contributed by atoms with Gasteiger partial charge in [-0.15, -0.1) is 0 Å². The molecule has 1 N–H and O–H groups in total. The molecule has 0 saturated carbocycles. The van der Waals surface area contributed by atoms with Crippen LogP contribution < -0.4 is 10.2 Å². The van der Waals surface area contributed by atoms with Gasteiger partial charge in [0.1, 0.15) is 0 Å². The number of aromatic nitrogens is 1. The summed E-state index contributed by atoms with van der Waals surface area (Å²) in [5, 5.41) is 5.03. The lowest BCUT2D eigenvalue weighted by atomic mass is 9.93. The number of hydrogen-bond donors (Lipinski definition) is 1. The Morgan fingerprint density at radius 3 is 2.71 bits per heavy atom. The van der Waals surface area contributed by atoms with Crippen LogP contribution in [0.25, 0.3) is 0 Å². The standard InChI is InChI=1S/C15H25N3O2S/c1-12-11-21-15(20)18(12)10-6-14(19)17-8-4-13(5-9-17)3-7-16-2/h11,13,16H,3-10H2,1-2H3. The van der Waals surface area contributed by atoms with E-state index < -0.39 is 0 Å². The summed E-state index contributed by atoms with van der Waals surface area (Å²) in [7, 11) is 1.98. The zero-order valence-electron chi connectivity index (χ0n) is 12.9. The maximum absolute atomic E-state index is 12.2. The molecule has 1 aromatic rings. The second-order valence-electron chi connectivity index (χ2n) is 5.76. The lowest BCUT2D eigenvalue weighted by Crippen LogP contribution is -2.39. The van der Waals surface area contributed by atoms with E-state index >= 15 is 0 Å².